The molecule has 1 unspecified atom stereocenters. The smallest absolute Gasteiger partial charge is 0.358 e. The first-order valence-electron chi connectivity index (χ1n) is 6.30. The molecule has 0 aliphatic heterocycles. The summed E-state index contributed by atoms with van der Waals surface area (Å²) in [5, 5.41) is 9.23. The molecule has 0 saturated carbocycles. The lowest BCUT2D eigenvalue weighted by Crippen LogP contribution is -2.08. The van der Waals surface area contributed by atoms with E-state index in [1.807, 2.05) is 51.1 Å². The third kappa shape index (κ3) is 2.67. The fourth-order valence-corrected chi connectivity index (χ4v) is 1.80. The zero-order valence-electron chi connectivity index (χ0n) is 11.3. The van der Waals surface area contributed by atoms with Crippen molar-refractivity contribution in [2.45, 2.75) is 26.7 Å². The van der Waals surface area contributed by atoms with Crippen LogP contribution < -0.4 is 0 Å². The molecule has 0 radical (unpaired) electrons. The molecule has 1 atom stereocenters. The Kier molecular flexibility index (Phi) is 3.69. The maximum Gasteiger partial charge on any atom is 0.358 e. The molecule has 0 amide bonds. The fourth-order valence-electron chi connectivity index (χ4n) is 1.80. The Balaban J connectivity index is 2.50. The molecule has 4 nitrogen and oxygen atoms in total. The minimum Gasteiger partial charge on any atom is -0.476 e. The maximum atomic E-state index is 11.3. The Morgan fingerprint density at radius 3 is 2.37 bits per heavy atom. The maximum absolute atomic E-state index is 11.3. The standard InChI is InChI=1S/C15H17NO3/c1-9(2)10(3)13-12(15(17)18)16-14(19-13)11-7-5-4-6-8-11/h4-10H,1-3H3,(H,17,18). The van der Waals surface area contributed by atoms with Crippen molar-refractivity contribution >= 4 is 5.97 Å². The summed E-state index contributed by atoms with van der Waals surface area (Å²) in [6.07, 6.45) is 0. The highest BCUT2D eigenvalue weighted by Crippen LogP contribution is 2.31. The first-order valence-corrected chi connectivity index (χ1v) is 6.30. The van der Waals surface area contributed by atoms with Crippen LogP contribution in [0, 0.1) is 5.92 Å². The van der Waals surface area contributed by atoms with Crippen LogP contribution in [-0.2, 0) is 0 Å². The van der Waals surface area contributed by atoms with Crippen LogP contribution in [0.4, 0.5) is 0 Å². The average molecular weight is 259 g/mol. The van der Waals surface area contributed by atoms with Crippen molar-refractivity contribution < 1.29 is 14.3 Å². The second kappa shape index (κ2) is 5.26. The predicted molar refractivity (Wildman–Crippen MR) is 72.2 cm³/mol. The number of carboxylic acids is 1. The van der Waals surface area contributed by atoms with Gasteiger partial charge in [0.25, 0.3) is 0 Å². The molecule has 0 aliphatic rings. The fraction of sp³-hybridized carbons (Fsp3) is 0.333. The zero-order valence-corrected chi connectivity index (χ0v) is 11.3. The normalized spacial score (nSPS) is 12.6. The van der Waals surface area contributed by atoms with Crippen LogP contribution in [0.5, 0.6) is 0 Å². The molecule has 0 saturated heterocycles. The van der Waals surface area contributed by atoms with Crippen LogP contribution in [0.15, 0.2) is 34.7 Å². The lowest BCUT2D eigenvalue weighted by atomic mass is 9.94. The van der Waals surface area contributed by atoms with Crippen LogP contribution in [-0.4, -0.2) is 16.1 Å². The van der Waals surface area contributed by atoms with E-state index in [9.17, 15) is 9.90 Å². The van der Waals surface area contributed by atoms with Crippen molar-refractivity contribution in [2.75, 3.05) is 0 Å². The minimum absolute atomic E-state index is 0.0102. The molecule has 1 heterocycles. The molecule has 4 heteroatoms. The summed E-state index contributed by atoms with van der Waals surface area (Å²) in [5.41, 5.74) is 0.798. The van der Waals surface area contributed by atoms with Gasteiger partial charge in [-0.1, -0.05) is 39.0 Å². The number of aromatic nitrogens is 1. The molecule has 1 N–H and O–H groups in total. The van der Waals surface area contributed by atoms with E-state index in [4.69, 9.17) is 4.42 Å². The molecule has 1 aromatic carbocycles. The Morgan fingerprint density at radius 2 is 1.84 bits per heavy atom. The van der Waals surface area contributed by atoms with Crippen molar-refractivity contribution in [3.8, 4) is 11.5 Å². The summed E-state index contributed by atoms with van der Waals surface area (Å²) < 4.78 is 5.69. The minimum atomic E-state index is -1.05. The van der Waals surface area contributed by atoms with Gasteiger partial charge in [-0.05, 0) is 18.1 Å². The molecule has 100 valence electrons. The van der Waals surface area contributed by atoms with Crippen molar-refractivity contribution in [3.63, 3.8) is 0 Å². The van der Waals surface area contributed by atoms with Crippen LogP contribution in [0.25, 0.3) is 11.5 Å². The van der Waals surface area contributed by atoms with E-state index >= 15 is 0 Å². The summed E-state index contributed by atoms with van der Waals surface area (Å²) in [6, 6.07) is 9.32. The van der Waals surface area contributed by atoms with Gasteiger partial charge in [0.05, 0.1) is 0 Å². The zero-order chi connectivity index (χ0) is 14.0. The highest BCUT2D eigenvalue weighted by atomic mass is 16.4. The van der Waals surface area contributed by atoms with Crippen molar-refractivity contribution in [1.29, 1.82) is 0 Å². The number of aromatic carboxylic acids is 1. The average Bonchev–Trinajstić information content (AvgIpc) is 2.83. The number of hydrogen-bond donors (Lipinski definition) is 1. The second-order valence-corrected chi connectivity index (χ2v) is 4.94. The highest BCUT2D eigenvalue weighted by molar-refractivity contribution is 5.87. The molecule has 0 aliphatic carbocycles. The number of carboxylic acid groups (broad SMARTS) is 1. The van der Waals surface area contributed by atoms with Gasteiger partial charge in [0.2, 0.25) is 5.89 Å². The van der Waals surface area contributed by atoms with Crippen molar-refractivity contribution in [2.24, 2.45) is 5.92 Å². The summed E-state index contributed by atoms with van der Waals surface area (Å²) in [5.74, 6) is 0.0565. The summed E-state index contributed by atoms with van der Waals surface area (Å²) >= 11 is 0. The molecule has 0 fully saturated rings. The van der Waals surface area contributed by atoms with E-state index in [1.54, 1.807) is 0 Å². The number of oxazole rings is 1. The van der Waals surface area contributed by atoms with Gasteiger partial charge in [-0.2, -0.15) is 0 Å². The quantitative estimate of drug-likeness (QED) is 0.907. The highest BCUT2D eigenvalue weighted by Gasteiger charge is 2.26. The second-order valence-electron chi connectivity index (χ2n) is 4.94. The number of benzene rings is 1. The Bertz CT molecular complexity index is 572. The van der Waals surface area contributed by atoms with Gasteiger partial charge < -0.3 is 9.52 Å². The van der Waals surface area contributed by atoms with E-state index < -0.39 is 5.97 Å². The van der Waals surface area contributed by atoms with Crippen molar-refractivity contribution in [3.05, 3.63) is 41.8 Å². The third-order valence-electron chi connectivity index (χ3n) is 3.29. The van der Waals surface area contributed by atoms with Crippen LogP contribution >= 0.6 is 0 Å². The number of rotatable bonds is 4. The molecule has 19 heavy (non-hydrogen) atoms. The van der Waals surface area contributed by atoms with E-state index in [0.29, 0.717) is 11.7 Å². The van der Waals surface area contributed by atoms with E-state index in [2.05, 4.69) is 4.98 Å². The summed E-state index contributed by atoms with van der Waals surface area (Å²) in [6.45, 7) is 6.01. The van der Waals surface area contributed by atoms with Crippen LogP contribution in [0.2, 0.25) is 0 Å². The molecule has 2 aromatic rings. The number of hydrogen-bond acceptors (Lipinski definition) is 3. The van der Waals surface area contributed by atoms with Gasteiger partial charge in [0.1, 0.15) is 5.76 Å². The lowest BCUT2D eigenvalue weighted by Gasteiger charge is -2.12. The SMILES string of the molecule is CC(C)C(C)c1oc(-c2ccccc2)nc1C(=O)O. The van der Waals surface area contributed by atoms with E-state index in [1.165, 1.54) is 0 Å². The Morgan fingerprint density at radius 1 is 1.21 bits per heavy atom. The van der Waals surface area contributed by atoms with Crippen LogP contribution in [0.1, 0.15) is 42.9 Å². The molecular weight excluding hydrogens is 242 g/mol. The van der Waals surface area contributed by atoms with Gasteiger partial charge in [-0.25, -0.2) is 9.78 Å². The molecule has 0 bridgehead atoms. The topological polar surface area (TPSA) is 63.3 Å². The molecule has 1 aromatic heterocycles. The van der Waals surface area contributed by atoms with Gasteiger partial charge in [0.15, 0.2) is 5.69 Å². The van der Waals surface area contributed by atoms with Gasteiger partial charge in [0, 0.05) is 11.5 Å². The monoisotopic (exact) mass is 259 g/mol. The first-order chi connectivity index (χ1) is 9.00. The number of nitrogens with zero attached hydrogens (tertiary/aromatic N) is 1. The van der Waals surface area contributed by atoms with E-state index in [-0.39, 0.29) is 17.5 Å². The van der Waals surface area contributed by atoms with E-state index in [0.717, 1.165) is 5.56 Å². The molecule has 0 spiro atoms. The number of carbonyl (C=O) groups is 1. The van der Waals surface area contributed by atoms with Gasteiger partial charge in [-0.15, -0.1) is 0 Å². The van der Waals surface area contributed by atoms with Gasteiger partial charge >= 0.3 is 5.97 Å². The summed E-state index contributed by atoms with van der Waals surface area (Å²) in [4.78, 5) is 15.4. The van der Waals surface area contributed by atoms with Gasteiger partial charge in [-0.3, -0.25) is 0 Å². The largest absolute Gasteiger partial charge is 0.476 e. The Hall–Kier alpha value is -2.10. The molecular formula is C15H17NO3. The predicted octanol–water partition coefficient (Wildman–Crippen LogP) is 3.80. The third-order valence-corrected chi connectivity index (χ3v) is 3.29. The molecule has 2 rings (SSSR count). The summed E-state index contributed by atoms with van der Waals surface area (Å²) in [7, 11) is 0. The van der Waals surface area contributed by atoms with Crippen molar-refractivity contribution in [1.82, 2.24) is 4.98 Å². The van der Waals surface area contributed by atoms with Crippen LogP contribution in [0.3, 0.4) is 0 Å². The lowest BCUT2D eigenvalue weighted by molar-refractivity contribution is 0.0687. The Labute approximate surface area is 112 Å². The first kappa shape index (κ1) is 13.3.